The first kappa shape index (κ1) is 11.9. The molecule has 0 amide bonds. The van der Waals surface area contributed by atoms with Gasteiger partial charge < -0.3 is 4.74 Å². The molecular weight excluding hydrogens is 215 g/mol. The number of nitroso groups, excluding NO2 is 1. The number of nitrogens with zero attached hydrogens (tertiary/aromatic N) is 4. The summed E-state index contributed by atoms with van der Waals surface area (Å²) in [6.07, 6.45) is -1.35. The molecule has 1 atom stereocenters. The summed E-state index contributed by atoms with van der Waals surface area (Å²) >= 11 is 0. The van der Waals surface area contributed by atoms with Crippen LogP contribution in [0.2, 0.25) is 0 Å². The van der Waals surface area contributed by atoms with E-state index in [1.165, 1.54) is 24.3 Å². The fourth-order valence-corrected chi connectivity index (χ4v) is 0.968. The average Bonchev–Trinajstić information content (AvgIpc) is 2.34. The summed E-state index contributed by atoms with van der Waals surface area (Å²) in [6.45, 7) is -0.461. The molecule has 0 aliphatic heterocycles. The number of hydrogen-bond acceptors (Lipinski definition) is 4. The molecule has 16 heavy (non-hydrogen) atoms. The van der Waals surface area contributed by atoms with Crippen molar-refractivity contribution in [3.05, 3.63) is 39.6 Å². The van der Waals surface area contributed by atoms with E-state index in [2.05, 4.69) is 15.2 Å². The SMILES string of the molecule is [N-]=[N+]=NC[C@H](F)COc1ccc(N=O)cc1. The summed E-state index contributed by atoms with van der Waals surface area (Å²) in [5, 5.41) is 5.79. The van der Waals surface area contributed by atoms with Crippen LogP contribution in [0.4, 0.5) is 10.1 Å². The lowest BCUT2D eigenvalue weighted by atomic mass is 10.3. The van der Waals surface area contributed by atoms with Gasteiger partial charge in [0.2, 0.25) is 0 Å². The van der Waals surface area contributed by atoms with Gasteiger partial charge in [0, 0.05) is 4.91 Å². The van der Waals surface area contributed by atoms with Crippen molar-refractivity contribution in [2.75, 3.05) is 13.2 Å². The first-order valence-electron chi connectivity index (χ1n) is 4.47. The van der Waals surface area contributed by atoms with Crippen LogP contribution in [0, 0.1) is 4.91 Å². The molecule has 0 fully saturated rings. The molecule has 0 radical (unpaired) electrons. The highest BCUT2D eigenvalue weighted by Crippen LogP contribution is 2.17. The lowest BCUT2D eigenvalue weighted by Gasteiger charge is -2.07. The molecule has 1 rings (SSSR count). The van der Waals surface area contributed by atoms with Crippen molar-refractivity contribution in [3.63, 3.8) is 0 Å². The van der Waals surface area contributed by atoms with Crippen LogP contribution in [0.5, 0.6) is 5.75 Å². The van der Waals surface area contributed by atoms with Gasteiger partial charge in [0.25, 0.3) is 0 Å². The van der Waals surface area contributed by atoms with Crippen LogP contribution in [-0.2, 0) is 0 Å². The van der Waals surface area contributed by atoms with E-state index in [1.54, 1.807) is 0 Å². The molecule has 0 saturated heterocycles. The van der Waals surface area contributed by atoms with E-state index in [0.29, 0.717) is 5.75 Å². The number of hydrogen-bond donors (Lipinski definition) is 0. The molecule has 0 aliphatic carbocycles. The second-order valence-corrected chi connectivity index (χ2v) is 2.91. The Morgan fingerprint density at radius 1 is 1.44 bits per heavy atom. The maximum Gasteiger partial charge on any atom is 0.140 e. The van der Waals surface area contributed by atoms with Gasteiger partial charge in [0.15, 0.2) is 0 Å². The summed E-state index contributed by atoms with van der Waals surface area (Å²) in [5.41, 5.74) is 8.25. The van der Waals surface area contributed by atoms with Gasteiger partial charge in [-0.1, -0.05) is 5.11 Å². The third kappa shape index (κ3) is 3.93. The Morgan fingerprint density at radius 2 is 2.12 bits per heavy atom. The summed E-state index contributed by atoms with van der Waals surface area (Å²) in [5.74, 6) is 0.427. The van der Waals surface area contributed by atoms with Crippen LogP contribution in [0.1, 0.15) is 0 Å². The fraction of sp³-hybridized carbons (Fsp3) is 0.333. The van der Waals surface area contributed by atoms with Gasteiger partial charge in [0.05, 0.1) is 6.54 Å². The molecule has 84 valence electrons. The zero-order valence-corrected chi connectivity index (χ0v) is 8.28. The molecule has 0 aromatic heterocycles. The molecular formula is C9H9FN4O2. The molecule has 0 bridgehead atoms. The van der Waals surface area contributed by atoms with Gasteiger partial charge in [-0.05, 0) is 35.0 Å². The molecule has 1 aromatic rings. The quantitative estimate of drug-likeness (QED) is 0.321. The van der Waals surface area contributed by atoms with Gasteiger partial charge in [-0.3, -0.25) is 0 Å². The second-order valence-electron chi connectivity index (χ2n) is 2.91. The predicted molar refractivity (Wildman–Crippen MR) is 56.3 cm³/mol. The number of halogens is 1. The predicted octanol–water partition coefficient (Wildman–Crippen LogP) is 3.11. The van der Waals surface area contributed by atoms with E-state index in [1.807, 2.05) is 0 Å². The van der Waals surface area contributed by atoms with Gasteiger partial charge >= 0.3 is 0 Å². The van der Waals surface area contributed by atoms with Crippen molar-refractivity contribution >= 4 is 5.69 Å². The molecule has 6 nitrogen and oxygen atoms in total. The van der Waals surface area contributed by atoms with Crippen molar-refractivity contribution in [2.45, 2.75) is 6.17 Å². The van der Waals surface area contributed by atoms with Crippen LogP contribution in [0.25, 0.3) is 10.4 Å². The summed E-state index contributed by atoms with van der Waals surface area (Å²) in [7, 11) is 0. The third-order valence-corrected chi connectivity index (χ3v) is 1.72. The zero-order chi connectivity index (χ0) is 11.8. The van der Waals surface area contributed by atoms with Crippen LogP contribution in [-0.4, -0.2) is 19.3 Å². The first-order chi connectivity index (χ1) is 7.76. The largest absolute Gasteiger partial charge is 0.491 e. The van der Waals surface area contributed by atoms with Crippen molar-refractivity contribution in [2.24, 2.45) is 10.3 Å². The molecule has 0 saturated carbocycles. The fourth-order valence-electron chi connectivity index (χ4n) is 0.968. The highest BCUT2D eigenvalue weighted by atomic mass is 19.1. The molecule has 0 N–H and O–H groups in total. The number of azide groups is 1. The van der Waals surface area contributed by atoms with Crippen LogP contribution in [0.3, 0.4) is 0 Å². The monoisotopic (exact) mass is 224 g/mol. The Kier molecular flexibility index (Phi) is 4.75. The summed E-state index contributed by atoms with van der Waals surface area (Å²) in [4.78, 5) is 12.5. The number of ether oxygens (including phenoxy) is 1. The maximum absolute atomic E-state index is 13.0. The van der Waals surface area contributed by atoms with Gasteiger partial charge in [-0.25, -0.2) is 4.39 Å². The Hall–Kier alpha value is -2.14. The molecule has 0 spiro atoms. The molecule has 0 aliphatic rings. The second kappa shape index (κ2) is 6.36. The van der Waals surface area contributed by atoms with Crippen LogP contribution < -0.4 is 4.74 Å². The highest BCUT2D eigenvalue weighted by molar-refractivity contribution is 5.40. The molecule has 7 heteroatoms. The lowest BCUT2D eigenvalue weighted by Crippen LogP contribution is -2.15. The Bertz CT molecular complexity index is 389. The maximum atomic E-state index is 13.0. The van der Waals surface area contributed by atoms with Crippen molar-refractivity contribution in [1.29, 1.82) is 0 Å². The minimum atomic E-state index is -1.35. The van der Waals surface area contributed by atoms with Gasteiger partial charge in [-0.2, -0.15) is 0 Å². The Labute approximate surface area is 90.6 Å². The number of alkyl halides is 1. The van der Waals surface area contributed by atoms with E-state index in [9.17, 15) is 9.30 Å². The van der Waals surface area contributed by atoms with Crippen LogP contribution in [0.15, 0.2) is 34.6 Å². The van der Waals surface area contributed by atoms with Crippen molar-refractivity contribution in [1.82, 2.24) is 0 Å². The Morgan fingerprint density at radius 3 is 2.69 bits per heavy atom. The lowest BCUT2D eigenvalue weighted by molar-refractivity contribution is 0.201. The van der Waals surface area contributed by atoms with Crippen molar-refractivity contribution in [3.8, 4) is 5.75 Å². The topological polar surface area (TPSA) is 87.4 Å². The van der Waals surface area contributed by atoms with Gasteiger partial charge in [0.1, 0.15) is 24.2 Å². The van der Waals surface area contributed by atoms with E-state index < -0.39 is 6.17 Å². The molecule has 1 aromatic carbocycles. The zero-order valence-electron chi connectivity index (χ0n) is 8.28. The minimum Gasteiger partial charge on any atom is -0.491 e. The Balaban J connectivity index is 2.41. The van der Waals surface area contributed by atoms with E-state index in [0.717, 1.165) is 0 Å². The third-order valence-electron chi connectivity index (χ3n) is 1.72. The summed E-state index contributed by atoms with van der Waals surface area (Å²) in [6, 6.07) is 5.94. The van der Waals surface area contributed by atoms with Crippen molar-refractivity contribution < 1.29 is 9.13 Å². The normalized spacial score (nSPS) is 11.3. The number of benzene rings is 1. The first-order valence-corrected chi connectivity index (χ1v) is 4.47. The van der Waals surface area contributed by atoms with E-state index in [4.69, 9.17) is 10.3 Å². The molecule has 0 unspecified atom stereocenters. The van der Waals surface area contributed by atoms with E-state index in [-0.39, 0.29) is 18.8 Å². The average molecular weight is 224 g/mol. The minimum absolute atomic E-state index is 0.202. The van der Waals surface area contributed by atoms with Crippen LogP contribution >= 0.6 is 0 Å². The number of rotatable bonds is 6. The summed E-state index contributed by atoms with van der Waals surface area (Å²) < 4.78 is 18.0. The van der Waals surface area contributed by atoms with Gasteiger partial charge in [-0.15, -0.1) is 4.91 Å². The standard InChI is InChI=1S/C9H9FN4O2/c10-7(5-12-14-11)6-16-9-3-1-8(13-15)2-4-9/h1-4,7H,5-6H2/t7-/m0/s1. The molecule has 0 heterocycles. The highest BCUT2D eigenvalue weighted by Gasteiger charge is 2.05. The smallest absolute Gasteiger partial charge is 0.140 e. The van der Waals surface area contributed by atoms with E-state index >= 15 is 0 Å².